The Labute approximate surface area is 119 Å². The van der Waals surface area contributed by atoms with Crippen LogP contribution in [0.5, 0.6) is 11.6 Å². The van der Waals surface area contributed by atoms with Gasteiger partial charge in [0.25, 0.3) is 5.91 Å². The Morgan fingerprint density at radius 1 is 1.35 bits per heavy atom. The fourth-order valence-electron chi connectivity index (χ4n) is 1.64. The van der Waals surface area contributed by atoms with Gasteiger partial charge in [-0.25, -0.2) is 4.98 Å². The van der Waals surface area contributed by atoms with Crippen molar-refractivity contribution in [3.63, 3.8) is 0 Å². The zero-order chi connectivity index (χ0) is 14.9. The van der Waals surface area contributed by atoms with Crippen molar-refractivity contribution >= 4 is 5.91 Å². The van der Waals surface area contributed by atoms with E-state index in [1.165, 1.54) is 4.90 Å². The second-order valence-electron chi connectivity index (χ2n) is 6.25. The number of carbonyl (C=O) groups excluding carboxylic acids is 1. The molecule has 1 aliphatic carbocycles. The minimum absolute atomic E-state index is 0.141. The van der Waals surface area contributed by atoms with Crippen LogP contribution in [0.15, 0.2) is 12.3 Å². The van der Waals surface area contributed by atoms with Gasteiger partial charge in [-0.1, -0.05) is 0 Å². The quantitative estimate of drug-likeness (QED) is 0.849. The largest absolute Gasteiger partial charge is 0.489 e. The maximum absolute atomic E-state index is 12.3. The lowest BCUT2D eigenvalue weighted by atomic mass is 10.2. The Bertz CT molecular complexity index is 502. The van der Waals surface area contributed by atoms with E-state index < -0.39 is 5.60 Å². The average Bonchev–Trinajstić information content (AvgIpc) is 3.12. The molecule has 0 aliphatic heterocycles. The summed E-state index contributed by atoms with van der Waals surface area (Å²) < 4.78 is 11.5. The summed E-state index contributed by atoms with van der Waals surface area (Å²) in [4.78, 5) is 18.0. The Morgan fingerprint density at radius 3 is 2.50 bits per heavy atom. The van der Waals surface area contributed by atoms with Gasteiger partial charge in [0.2, 0.25) is 5.88 Å². The topological polar surface area (TPSA) is 51.7 Å². The minimum atomic E-state index is -0.410. The molecular formula is C15H22N2O3. The van der Waals surface area contributed by atoms with Crippen LogP contribution in [0, 0.1) is 0 Å². The zero-order valence-electron chi connectivity index (χ0n) is 12.8. The number of rotatable bonds is 4. The van der Waals surface area contributed by atoms with Crippen LogP contribution < -0.4 is 9.47 Å². The summed E-state index contributed by atoms with van der Waals surface area (Å²) >= 11 is 0. The number of aromatic nitrogens is 1. The summed E-state index contributed by atoms with van der Waals surface area (Å²) in [5.74, 6) is 0.830. The molecule has 1 saturated carbocycles. The lowest BCUT2D eigenvalue weighted by Gasteiger charge is -2.23. The van der Waals surface area contributed by atoms with Crippen molar-refractivity contribution in [1.29, 1.82) is 0 Å². The Hall–Kier alpha value is -1.78. The third-order valence-electron chi connectivity index (χ3n) is 2.69. The molecule has 5 nitrogen and oxygen atoms in total. The third-order valence-corrected chi connectivity index (χ3v) is 2.69. The third kappa shape index (κ3) is 3.85. The van der Waals surface area contributed by atoms with Crippen LogP contribution in [0.4, 0.5) is 0 Å². The second kappa shape index (κ2) is 5.31. The standard InChI is InChI=1S/C15H22N2O3/c1-15(2,3)20-13-12(14(18)17(4)5)8-11(9-16-13)19-10-6-7-10/h8-10H,6-7H2,1-5H3. The molecule has 1 aliphatic rings. The summed E-state index contributed by atoms with van der Waals surface area (Å²) in [6.07, 6.45) is 4.02. The highest BCUT2D eigenvalue weighted by atomic mass is 16.5. The number of hydrogen-bond acceptors (Lipinski definition) is 4. The molecule has 20 heavy (non-hydrogen) atoms. The lowest BCUT2D eigenvalue weighted by molar-refractivity contribution is 0.0803. The second-order valence-corrected chi connectivity index (χ2v) is 6.25. The average molecular weight is 278 g/mol. The van der Waals surface area contributed by atoms with Gasteiger partial charge in [-0.3, -0.25) is 4.79 Å². The highest BCUT2D eigenvalue weighted by Crippen LogP contribution is 2.30. The molecule has 1 aromatic heterocycles. The molecule has 0 N–H and O–H groups in total. The molecule has 1 aromatic rings. The van der Waals surface area contributed by atoms with Crippen LogP contribution in [0.25, 0.3) is 0 Å². The van der Waals surface area contributed by atoms with Gasteiger partial charge in [-0.2, -0.15) is 0 Å². The minimum Gasteiger partial charge on any atom is -0.489 e. The highest BCUT2D eigenvalue weighted by molar-refractivity contribution is 5.96. The molecule has 5 heteroatoms. The molecule has 0 radical (unpaired) electrons. The number of amides is 1. The smallest absolute Gasteiger partial charge is 0.258 e. The van der Waals surface area contributed by atoms with Crippen molar-refractivity contribution in [2.45, 2.75) is 45.3 Å². The molecule has 0 atom stereocenters. The predicted molar refractivity (Wildman–Crippen MR) is 76.3 cm³/mol. The van der Waals surface area contributed by atoms with Crippen molar-refractivity contribution < 1.29 is 14.3 Å². The van der Waals surface area contributed by atoms with Crippen LogP contribution in [-0.2, 0) is 0 Å². The van der Waals surface area contributed by atoms with Crippen LogP contribution in [0.2, 0.25) is 0 Å². The van der Waals surface area contributed by atoms with E-state index >= 15 is 0 Å². The van der Waals surface area contributed by atoms with Crippen LogP contribution >= 0.6 is 0 Å². The first-order valence-corrected chi connectivity index (χ1v) is 6.83. The fraction of sp³-hybridized carbons (Fsp3) is 0.600. The van der Waals surface area contributed by atoms with Crippen LogP contribution in [0.1, 0.15) is 44.0 Å². The number of pyridine rings is 1. The van der Waals surface area contributed by atoms with Gasteiger partial charge in [0.1, 0.15) is 16.9 Å². The highest BCUT2D eigenvalue weighted by Gasteiger charge is 2.26. The zero-order valence-corrected chi connectivity index (χ0v) is 12.8. The normalized spacial score (nSPS) is 14.8. The van der Waals surface area contributed by atoms with Gasteiger partial charge < -0.3 is 14.4 Å². The van der Waals surface area contributed by atoms with E-state index in [1.54, 1.807) is 26.4 Å². The van der Waals surface area contributed by atoms with E-state index in [0.29, 0.717) is 17.2 Å². The molecule has 0 spiro atoms. The first-order chi connectivity index (χ1) is 9.26. The van der Waals surface area contributed by atoms with E-state index in [9.17, 15) is 4.79 Å². The maximum atomic E-state index is 12.3. The summed E-state index contributed by atoms with van der Waals surface area (Å²) in [5, 5.41) is 0. The summed E-state index contributed by atoms with van der Waals surface area (Å²) in [6.45, 7) is 5.77. The van der Waals surface area contributed by atoms with E-state index in [0.717, 1.165) is 12.8 Å². The molecule has 0 aromatic carbocycles. The molecule has 1 amide bonds. The summed E-state index contributed by atoms with van der Waals surface area (Å²) in [5.41, 5.74) is 0.0239. The lowest BCUT2D eigenvalue weighted by Crippen LogP contribution is -2.28. The van der Waals surface area contributed by atoms with Gasteiger partial charge in [0.15, 0.2) is 0 Å². The number of nitrogens with zero attached hydrogens (tertiary/aromatic N) is 2. The van der Waals surface area contributed by atoms with Crippen molar-refractivity contribution in [2.75, 3.05) is 14.1 Å². The Kier molecular flexibility index (Phi) is 3.88. The monoisotopic (exact) mass is 278 g/mol. The van der Waals surface area contributed by atoms with E-state index in [-0.39, 0.29) is 12.0 Å². The summed E-state index contributed by atoms with van der Waals surface area (Å²) in [7, 11) is 3.41. The molecule has 1 fully saturated rings. The molecular weight excluding hydrogens is 256 g/mol. The van der Waals surface area contributed by atoms with E-state index in [4.69, 9.17) is 9.47 Å². The molecule has 2 rings (SSSR count). The Morgan fingerprint density at radius 2 is 2.00 bits per heavy atom. The van der Waals surface area contributed by atoms with Crippen molar-refractivity contribution in [3.05, 3.63) is 17.8 Å². The SMILES string of the molecule is CN(C)C(=O)c1cc(OC2CC2)cnc1OC(C)(C)C. The van der Waals surface area contributed by atoms with Gasteiger partial charge in [0.05, 0.1) is 12.3 Å². The molecule has 1 heterocycles. The summed E-state index contributed by atoms with van der Waals surface area (Å²) in [6, 6.07) is 1.72. The van der Waals surface area contributed by atoms with Gasteiger partial charge in [0, 0.05) is 14.1 Å². The number of hydrogen-bond donors (Lipinski definition) is 0. The van der Waals surface area contributed by atoms with Gasteiger partial charge in [-0.05, 0) is 39.7 Å². The molecule has 110 valence electrons. The van der Waals surface area contributed by atoms with Crippen molar-refractivity contribution in [3.8, 4) is 11.6 Å². The van der Waals surface area contributed by atoms with Crippen molar-refractivity contribution in [2.24, 2.45) is 0 Å². The first-order valence-electron chi connectivity index (χ1n) is 6.83. The van der Waals surface area contributed by atoms with Gasteiger partial charge in [-0.15, -0.1) is 0 Å². The molecule has 0 bridgehead atoms. The van der Waals surface area contributed by atoms with Gasteiger partial charge >= 0.3 is 0 Å². The fourth-order valence-corrected chi connectivity index (χ4v) is 1.64. The van der Waals surface area contributed by atoms with Crippen molar-refractivity contribution in [1.82, 2.24) is 9.88 Å². The van der Waals surface area contributed by atoms with E-state index in [1.807, 2.05) is 20.8 Å². The maximum Gasteiger partial charge on any atom is 0.258 e. The molecule has 0 saturated heterocycles. The van der Waals surface area contributed by atoms with Crippen LogP contribution in [-0.4, -0.2) is 41.6 Å². The number of carbonyl (C=O) groups is 1. The van der Waals surface area contributed by atoms with E-state index in [2.05, 4.69) is 4.98 Å². The molecule has 0 unspecified atom stereocenters. The first kappa shape index (κ1) is 14.6. The Balaban J connectivity index is 2.31. The van der Waals surface area contributed by atoms with Crippen LogP contribution in [0.3, 0.4) is 0 Å². The predicted octanol–water partition coefficient (Wildman–Crippen LogP) is 2.50. The number of ether oxygens (including phenoxy) is 2.